The smallest absolute Gasteiger partial charge is 0.268 e. The van der Waals surface area contributed by atoms with Crippen LogP contribution in [-0.2, 0) is 32.3 Å². The highest BCUT2D eigenvalue weighted by Gasteiger charge is 2.83. The van der Waals surface area contributed by atoms with Gasteiger partial charge in [0.25, 0.3) is 11.8 Å². The molecule has 0 N–H and O–H groups in total. The number of likely N-dealkylation sites (tertiary alicyclic amines) is 1. The van der Waals surface area contributed by atoms with Gasteiger partial charge in [-0.3, -0.25) is 29.0 Å². The zero-order valence-electron chi connectivity index (χ0n) is 23.3. The van der Waals surface area contributed by atoms with Crippen molar-refractivity contribution in [1.29, 1.82) is 0 Å². The van der Waals surface area contributed by atoms with Crippen molar-refractivity contribution in [1.82, 2.24) is 9.80 Å². The van der Waals surface area contributed by atoms with E-state index in [1.807, 2.05) is 84.9 Å². The molecule has 1 fully saturated rings. The number of nitrogens with zero attached hydrogens (tertiary/aromatic N) is 2. The Kier molecular flexibility index (Phi) is 5.36. The van der Waals surface area contributed by atoms with Crippen molar-refractivity contribution in [2.75, 3.05) is 0 Å². The molecule has 214 valence electrons. The largest absolute Gasteiger partial charge is 0.275 e. The maximum Gasteiger partial charge on any atom is 0.268 e. The third-order valence-corrected chi connectivity index (χ3v) is 13.2. The lowest BCUT2D eigenvalue weighted by molar-refractivity contribution is -0.140. The Morgan fingerprint density at radius 3 is 1.20 bits per heavy atom. The predicted octanol–water partition coefficient (Wildman–Crippen LogP) is 5.58. The second-order valence-corrected chi connectivity index (χ2v) is 14.3. The van der Waals surface area contributed by atoms with Gasteiger partial charge in [-0.2, -0.15) is 0 Å². The van der Waals surface area contributed by atoms with E-state index in [4.69, 9.17) is 0 Å². The Hall–Kier alpha value is -4.40. The van der Waals surface area contributed by atoms with Crippen molar-refractivity contribution >= 4 is 47.2 Å². The van der Waals surface area contributed by atoms with Crippen molar-refractivity contribution < 1.29 is 19.2 Å². The Bertz CT molecular complexity index is 1850. The summed E-state index contributed by atoms with van der Waals surface area (Å²) in [5.41, 5.74) is 5.69. The van der Waals surface area contributed by atoms with E-state index in [-0.39, 0.29) is 34.7 Å². The van der Waals surface area contributed by atoms with Crippen LogP contribution in [0.1, 0.15) is 45.2 Å². The fraction of sp³-hybridized carbons (Fsp3) is 0.167. The number of carbonyl (C=O) groups excluding carboxylic acids is 4. The summed E-state index contributed by atoms with van der Waals surface area (Å²) >= 11 is 2.34. The van der Waals surface area contributed by atoms with Gasteiger partial charge in [-0.15, -0.1) is 0 Å². The summed E-state index contributed by atoms with van der Waals surface area (Å²) in [5, 5.41) is 0. The summed E-state index contributed by atoms with van der Waals surface area (Å²) in [6.45, 7) is 0.254. The number of benzene rings is 4. The molecule has 10 rings (SSSR count). The molecule has 0 radical (unpaired) electrons. The van der Waals surface area contributed by atoms with Crippen LogP contribution in [-0.4, -0.2) is 42.9 Å². The predicted molar refractivity (Wildman–Crippen MR) is 168 cm³/mol. The molecule has 2 bridgehead atoms. The fourth-order valence-electron chi connectivity index (χ4n) is 7.98. The Labute approximate surface area is 262 Å². The van der Waals surface area contributed by atoms with Crippen LogP contribution in [0.2, 0.25) is 0 Å². The molecule has 0 saturated carbocycles. The van der Waals surface area contributed by atoms with E-state index in [1.165, 1.54) is 33.3 Å². The van der Waals surface area contributed by atoms with Crippen LogP contribution in [0.25, 0.3) is 0 Å². The fourth-order valence-corrected chi connectivity index (χ4v) is 11.7. The van der Waals surface area contributed by atoms with E-state index in [2.05, 4.69) is 24.3 Å². The Balaban J connectivity index is 1.26. The van der Waals surface area contributed by atoms with Gasteiger partial charge in [-0.1, -0.05) is 133 Å². The molecule has 0 unspecified atom stereocenters. The molecule has 4 amide bonds. The molecule has 8 heteroatoms. The number of thioether (sulfide) groups is 2. The van der Waals surface area contributed by atoms with Crippen LogP contribution in [0.15, 0.2) is 119 Å². The molecule has 3 aliphatic heterocycles. The number of amides is 4. The monoisotopic (exact) mass is 612 g/mol. The van der Waals surface area contributed by atoms with Gasteiger partial charge in [-0.25, -0.2) is 0 Å². The van der Waals surface area contributed by atoms with E-state index in [1.54, 1.807) is 0 Å². The second kappa shape index (κ2) is 9.06. The van der Waals surface area contributed by atoms with Gasteiger partial charge in [0.05, 0.1) is 22.9 Å². The molecule has 0 aromatic heterocycles. The number of hydrogen-bond donors (Lipinski definition) is 0. The first kappa shape index (κ1) is 26.0. The van der Waals surface area contributed by atoms with Crippen LogP contribution in [0.3, 0.4) is 0 Å². The van der Waals surface area contributed by atoms with Crippen molar-refractivity contribution in [3.63, 3.8) is 0 Å². The summed E-state index contributed by atoms with van der Waals surface area (Å²) in [6.07, 6.45) is 0. The average Bonchev–Trinajstić information content (AvgIpc) is 3.40. The zero-order chi connectivity index (χ0) is 29.8. The molecule has 3 aliphatic carbocycles. The van der Waals surface area contributed by atoms with Gasteiger partial charge in [-0.05, 0) is 33.4 Å². The van der Waals surface area contributed by atoms with Gasteiger partial charge >= 0.3 is 0 Å². The molecule has 6 aliphatic rings. The first-order valence-electron chi connectivity index (χ1n) is 14.6. The van der Waals surface area contributed by atoms with Crippen LogP contribution < -0.4 is 0 Å². The zero-order valence-corrected chi connectivity index (χ0v) is 24.9. The van der Waals surface area contributed by atoms with E-state index in [0.29, 0.717) is 0 Å². The maximum atomic E-state index is 15.1. The Morgan fingerprint density at radius 2 is 0.818 bits per heavy atom. The van der Waals surface area contributed by atoms with Gasteiger partial charge < -0.3 is 0 Å². The van der Waals surface area contributed by atoms with Crippen molar-refractivity contribution in [2.24, 2.45) is 0 Å². The lowest BCUT2D eigenvalue weighted by Crippen LogP contribution is -2.66. The van der Waals surface area contributed by atoms with E-state index in [0.717, 1.165) is 33.4 Å². The number of rotatable bonds is 4. The second-order valence-electron chi connectivity index (χ2n) is 11.8. The number of carbonyl (C=O) groups is 4. The van der Waals surface area contributed by atoms with Crippen LogP contribution in [0.5, 0.6) is 0 Å². The lowest BCUT2D eigenvalue weighted by atomic mass is 9.53. The van der Waals surface area contributed by atoms with Crippen molar-refractivity contribution in [3.8, 4) is 0 Å². The highest BCUT2D eigenvalue weighted by molar-refractivity contribution is 8.14. The normalized spacial score (nSPS) is 27.7. The molecular formula is C36H24N2O4S2. The third-order valence-electron chi connectivity index (χ3n) is 9.70. The molecule has 0 spiro atoms. The summed E-state index contributed by atoms with van der Waals surface area (Å²) in [6, 6.07) is 35.0. The summed E-state index contributed by atoms with van der Waals surface area (Å²) in [4.78, 5) is 61.6. The van der Waals surface area contributed by atoms with Gasteiger partial charge in [0.1, 0.15) is 9.49 Å². The van der Waals surface area contributed by atoms with E-state index >= 15 is 9.59 Å². The van der Waals surface area contributed by atoms with E-state index in [9.17, 15) is 9.59 Å². The molecule has 4 aromatic carbocycles. The van der Waals surface area contributed by atoms with Gasteiger partial charge in [0.15, 0.2) is 0 Å². The molecule has 44 heavy (non-hydrogen) atoms. The van der Waals surface area contributed by atoms with Crippen LogP contribution in [0.4, 0.5) is 0 Å². The summed E-state index contributed by atoms with van der Waals surface area (Å²) in [7, 11) is 0. The standard InChI is InChI=1S/C36H24N2O4S2/c39-31-29-30(32(40)37(31)19-21-11-3-1-4-12-21)44-36-28-24-16-8-7-15-23(24)27(25-17-9-10-18-26(25)28)35(36,43-29)33(41)38(34(36)42)20-22-13-5-2-6-14-22/h1-18,27-28H,19-20H2/t27?,28?,35-,36+. The summed E-state index contributed by atoms with van der Waals surface area (Å²) in [5.74, 6) is -2.35. The van der Waals surface area contributed by atoms with Crippen LogP contribution in [0, 0.1) is 0 Å². The highest BCUT2D eigenvalue weighted by Crippen LogP contribution is 2.77. The van der Waals surface area contributed by atoms with Crippen LogP contribution >= 0.6 is 23.5 Å². The molecular weight excluding hydrogens is 589 g/mol. The molecule has 2 atom stereocenters. The number of imide groups is 2. The lowest BCUT2D eigenvalue weighted by Gasteiger charge is -2.59. The third kappa shape index (κ3) is 3.05. The highest BCUT2D eigenvalue weighted by atomic mass is 32.2. The molecule has 4 aromatic rings. The molecule has 6 nitrogen and oxygen atoms in total. The minimum absolute atomic E-state index is 0.127. The maximum absolute atomic E-state index is 15.1. The first-order chi connectivity index (χ1) is 21.5. The molecule has 3 heterocycles. The average molecular weight is 613 g/mol. The summed E-state index contributed by atoms with van der Waals surface area (Å²) < 4.78 is -2.68. The first-order valence-corrected chi connectivity index (χ1v) is 16.2. The molecule has 1 saturated heterocycles. The van der Waals surface area contributed by atoms with Crippen molar-refractivity contribution in [2.45, 2.75) is 34.4 Å². The SMILES string of the molecule is O=C1C2=C(S[C@]34C(=O)N(Cc5ccccc5)C(=O)[C@@]3(S2)C2c3ccccc3C4c3ccccc32)C(=O)N1Cc1ccccc1. The van der Waals surface area contributed by atoms with E-state index < -0.39 is 33.1 Å². The minimum atomic E-state index is -1.34. The number of hydrogen-bond acceptors (Lipinski definition) is 6. The Morgan fingerprint density at radius 1 is 0.477 bits per heavy atom. The topological polar surface area (TPSA) is 74.8 Å². The van der Waals surface area contributed by atoms with Gasteiger partial charge in [0, 0.05) is 11.8 Å². The quantitative estimate of drug-likeness (QED) is 0.280. The van der Waals surface area contributed by atoms with Crippen molar-refractivity contribution in [3.05, 3.63) is 152 Å². The minimum Gasteiger partial charge on any atom is -0.275 e. The van der Waals surface area contributed by atoms with Gasteiger partial charge in [0.2, 0.25) is 11.8 Å².